The van der Waals surface area contributed by atoms with Crippen molar-refractivity contribution in [3.8, 4) is 6.07 Å². The van der Waals surface area contributed by atoms with Crippen molar-refractivity contribution >= 4 is 5.91 Å². The lowest BCUT2D eigenvalue weighted by Gasteiger charge is -2.23. The van der Waals surface area contributed by atoms with Crippen molar-refractivity contribution in [3.63, 3.8) is 0 Å². The number of carbonyl (C=O) groups is 1. The summed E-state index contributed by atoms with van der Waals surface area (Å²) in [6, 6.07) is 14.6. The molecule has 1 amide bonds. The number of nitriles is 1. The van der Waals surface area contributed by atoms with Crippen LogP contribution < -0.4 is 0 Å². The van der Waals surface area contributed by atoms with E-state index in [0.717, 1.165) is 11.1 Å². The van der Waals surface area contributed by atoms with Crippen molar-refractivity contribution in [3.05, 3.63) is 66.0 Å². The van der Waals surface area contributed by atoms with Gasteiger partial charge in [-0.05, 0) is 23.3 Å². The van der Waals surface area contributed by atoms with Crippen LogP contribution in [0.4, 0.5) is 0 Å². The number of carbonyl (C=O) groups excluding carboxylic acids is 1. The van der Waals surface area contributed by atoms with Crippen LogP contribution in [0.2, 0.25) is 0 Å². The molecule has 4 heteroatoms. The molecule has 0 aliphatic heterocycles. The van der Waals surface area contributed by atoms with Crippen LogP contribution >= 0.6 is 0 Å². The Hall–Kier alpha value is -2.67. The summed E-state index contributed by atoms with van der Waals surface area (Å²) in [6.45, 7) is 0. The van der Waals surface area contributed by atoms with Crippen LogP contribution in [0, 0.1) is 11.3 Å². The fourth-order valence-corrected chi connectivity index (χ4v) is 1.97. The van der Waals surface area contributed by atoms with E-state index in [1.165, 1.54) is 4.90 Å². The van der Waals surface area contributed by atoms with Crippen molar-refractivity contribution in [2.24, 2.45) is 0 Å². The van der Waals surface area contributed by atoms with Crippen molar-refractivity contribution in [2.75, 3.05) is 7.05 Å². The minimum absolute atomic E-state index is 0.0837. The number of benzene rings is 1. The SMILES string of the molecule is CN(C(=O)Cc1ccccc1)C(C#N)c1ccncc1. The summed E-state index contributed by atoms with van der Waals surface area (Å²) in [5.74, 6) is -0.0837. The molecule has 20 heavy (non-hydrogen) atoms. The van der Waals surface area contributed by atoms with Gasteiger partial charge in [-0.15, -0.1) is 0 Å². The van der Waals surface area contributed by atoms with Crippen LogP contribution in [-0.4, -0.2) is 22.8 Å². The van der Waals surface area contributed by atoms with Gasteiger partial charge in [0.05, 0.1) is 12.5 Å². The van der Waals surface area contributed by atoms with Crippen LogP contribution in [0.5, 0.6) is 0 Å². The molecular weight excluding hydrogens is 250 g/mol. The number of likely N-dealkylation sites (N-methyl/N-ethyl adjacent to an activating group) is 1. The highest BCUT2D eigenvalue weighted by molar-refractivity contribution is 5.79. The molecule has 2 aromatic rings. The Kier molecular flexibility index (Phi) is 4.46. The van der Waals surface area contributed by atoms with Crippen LogP contribution in [0.15, 0.2) is 54.9 Å². The van der Waals surface area contributed by atoms with E-state index < -0.39 is 6.04 Å². The van der Waals surface area contributed by atoms with Gasteiger partial charge in [0.2, 0.25) is 5.91 Å². The molecule has 0 saturated carbocycles. The van der Waals surface area contributed by atoms with Crippen molar-refractivity contribution < 1.29 is 4.79 Å². The summed E-state index contributed by atoms with van der Waals surface area (Å²) < 4.78 is 0. The summed E-state index contributed by atoms with van der Waals surface area (Å²) in [5.41, 5.74) is 1.71. The lowest BCUT2D eigenvalue weighted by molar-refractivity contribution is -0.130. The van der Waals surface area contributed by atoms with Gasteiger partial charge in [-0.25, -0.2) is 0 Å². The molecule has 1 atom stereocenters. The maximum atomic E-state index is 12.2. The maximum absolute atomic E-state index is 12.2. The summed E-state index contributed by atoms with van der Waals surface area (Å²) in [6.07, 6.45) is 3.53. The number of amides is 1. The van der Waals surface area contributed by atoms with E-state index in [1.807, 2.05) is 30.3 Å². The van der Waals surface area contributed by atoms with Gasteiger partial charge < -0.3 is 4.90 Å². The second-order valence-corrected chi connectivity index (χ2v) is 4.48. The third-order valence-electron chi connectivity index (χ3n) is 3.12. The Balaban J connectivity index is 2.11. The minimum atomic E-state index is -0.589. The second kappa shape index (κ2) is 6.48. The van der Waals surface area contributed by atoms with E-state index in [9.17, 15) is 10.1 Å². The molecule has 4 nitrogen and oxygen atoms in total. The fraction of sp³-hybridized carbons (Fsp3) is 0.188. The number of hydrogen-bond acceptors (Lipinski definition) is 3. The quantitative estimate of drug-likeness (QED) is 0.852. The molecule has 0 fully saturated rings. The minimum Gasteiger partial charge on any atom is -0.325 e. The average Bonchev–Trinajstić information content (AvgIpc) is 2.50. The average molecular weight is 265 g/mol. The largest absolute Gasteiger partial charge is 0.325 e. The molecule has 1 unspecified atom stereocenters. The number of hydrogen-bond donors (Lipinski definition) is 0. The van der Waals surface area contributed by atoms with Crippen LogP contribution in [0.3, 0.4) is 0 Å². The van der Waals surface area contributed by atoms with Gasteiger partial charge in [-0.3, -0.25) is 9.78 Å². The zero-order valence-corrected chi connectivity index (χ0v) is 11.2. The van der Waals surface area contributed by atoms with E-state index in [2.05, 4.69) is 11.1 Å². The topological polar surface area (TPSA) is 57.0 Å². The summed E-state index contributed by atoms with van der Waals surface area (Å²) in [5, 5.41) is 9.30. The lowest BCUT2D eigenvalue weighted by Crippen LogP contribution is -2.31. The smallest absolute Gasteiger partial charge is 0.228 e. The molecule has 0 spiro atoms. The Bertz CT molecular complexity index is 605. The molecule has 1 aromatic heterocycles. The van der Waals surface area contributed by atoms with E-state index >= 15 is 0 Å². The molecule has 100 valence electrons. The number of rotatable bonds is 4. The number of pyridine rings is 1. The fourth-order valence-electron chi connectivity index (χ4n) is 1.97. The molecule has 0 saturated heterocycles. The summed E-state index contributed by atoms with van der Waals surface area (Å²) >= 11 is 0. The number of nitrogens with zero attached hydrogens (tertiary/aromatic N) is 3. The first-order valence-electron chi connectivity index (χ1n) is 6.31. The lowest BCUT2D eigenvalue weighted by atomic mass is 10.1. The summed E-state index contributed by atoms with van der Waals surface area (Å²) in [4.78, 5) is 17.6. The molecule has 0 aliphatic carbocycles. The molecule has 2 rings (SSSR count). The molecule has 0 radical (unpaired) electrons. The molecule has 1 heterocycles. The predicted octanol–water partition coefficient (Wildman–Crippen LogP) is 2.35. The Morgan fingerprint density at radius 1 is 1.25 bits per heavy atom. The van der Waals surface area contributed by atoms with Gasteiger partial charge in [-0.2, -0.15) is 5.26 Å². The molecule has 0 bridgehead atoms. The molecule has 1 aromatic carbocycles. The van der Waals surface area contributed by atoms with Crippen molar-refractivity contribution in [1.82, 2.24) is 9.88 Å². The first kappa shape index (κ1) is 13.8. The Morgan fingerprint density at radius 2 is 1.90 bits per heavy atom. The third-order valence-corrected chi connectivity index (χ3v) is 3.12. The van der Waals surface area contributed by atoms with Gasteiger partial charge >= 0.3 is 0 Å². The first-order chi connectivity index (χ1) is 9.72. The van der Waals surface area contributed by atoms with E-state index in [1.54, 1.807) is 31.6 Å². The first-order valence-corrected chi connectivity index (χ1v) is 6.31. The van der Waals surface area contributed by atoms with Crippen molar-refractivity contribution in [1.29, 1.82) is 5.26 Å². The van der Waals surface area contributed by atoms with Crippen LogP contribution in [-0.2, 0) is 11.2 Å². The third kappa shape index (κ3) is 3.21. The highest BCUT2D eigenvalue weighted by Gasteiger charge is 2.21. The standard InChI is InChI=1S/C16H15N3O/c1-19(15(12-17)14-7-9-18-10-8-14)16(20)11-13-5-3-2-4-6-13/h2-10,15H,11H2,1H3. The Morgan fingerprint density at radius 3 is 2.50 bits per heavy atom. The van der Waals surface area contributed by atoms with Gasteiger partial charge in [0.1, 0.15) is 6.04 Å². The normalized spacial score (nSPS) is 11.4. The van der Waals surface area contributed by atoms with Crippen LogP contribution in [0.1, 0.15) is 17.2 Å². The maximum Gasteiger partial charge on any atom is 0.228 e. The number of aromatic nitrogens is 1. The Labute approximate surface area is 118 Å². The highest BCUT2D eigenvalue weighted by Crippen LogP contribution is 2.18. The van der Waals surface area contributed by atoms with Crippen molar-refractivity contribution in [2.45, 2.75) is 12.5 Å². The summed E-state index contributed by atoms with van der Waals surface area (Å²) in [7, 11) is 1.65. The van der Waals surface area contributed by atoms with E-state index in [-0.39, 0.29) is 5.91 Å². The molecule has 0 aliphatic rings. The van der Waals surface area contributed by atoms with Gasteiger partial charge in [-0.1, -0.05) is 30.3 Å². The predicted molar refractivity (Wildman–Crippen MR) is 75.5 cm³/mol. The van der Waals surface area contributed by atoms with Gasteiger partial charge in [0.25, 0.3) is 0 Å². The molecular formula is C16H15N3O. The monoisotopic (exact) mass is 265 g/mol. The second-order valence-electron chi connectivity index (χ2n) is 4.48. The zero-order valence-electron chi connectivity index (χ0n) is 11.2. The zero-order chi connectivity index (χ0) is 14.4. The van der Waals surface area contributed by atoms with E-state index in [0.29, 0.717) is 6.42 Å². The van der Waals surface area contributed by atoms with E-state index in [4.69, 9.17) is 0 Å². The van der Waals surface area contributed by atoms with Gasteiger partial charge in [0.15, 0.2) is 0 Å². The highest BCUT2D eigenvalue weighted by atomic mass is 16.2. The van der Waals surface area contributed by atoms with Gasteiger partial charge in [0, 0.05) is 19.4 Å². The van der Waals surface area contributed by atoms with Crippen LogP contribution in [0.25, 0.3) is 0 Å². The molecule has 0 N–H and O–H groups in total.